The molecule has 3 rings (SSSR count). The zero-order valence-electron chi connectivity index (χ0n) is 12.3. The Bertz CT molecular complexity index is 556. The molecule has 0 saturated heterocycles. The molecule has 1 aliphatic rings. The second-order valence-corrected chi connectivity index (χ2v) is 5.80. The molecule has 4 heteroatoms. The predicted octanol–water partition coefficient (Wildman–Crippen LogP) is 2.78. The first-order valence-electron chi connectivity index (χ1n) is 7.78. The average molecular weight is 285 g/mol. The topological polar surface area (TPSA) is 50.1 Å². The van der Waals surface area contributed by atoms with Crippen LogP contribution in [0.25, 0.3) is 0 Å². The van der Waals surface area contributed by atoms with Gasteiger partial charge in [-0.2, -0.15) is 5.10 Å². The maximum Gasteiger partial charge on any atom is 0.0762 e. The predicted molar refractivity (Wildman–Crippen MR) is 82.6 cm³/mol. The molecule has 0 unspecified atom stereocenters. The molecule has 1 heterocycles. The fourth-order valence-electron chi connectivity index (χ4n) is 2.94. The Morgan fingerprint density at radius 3 is 2.48 bits per heavy atom. The van der Waals surface area contributed by atoms with Crippen molar-refractivity contribution in [3.05, 3.63) is 53.3 Å². The van der Waals surface area contributed by atoms with Crippen molar-refractivity contribution in [1.82, 2.24) is 15.1 Å². The summed E-state index contributed by atoms with van der Waals surface area (Å²) in [5, 5.41) is 17.1. The highest BCUT2D eigenvalue weighted by molar-refractivity contribution is 5.21. The number of hydrogen-bond acceptors (Lipinski definition) is 3. The van der Waals surface area contributed by atoms with Crippen molar-refractivity contribution in [2.45, 2.75) is 51.4 Å². The fraction of sp³-hybridized carbons (Fsp3) is 0.471. The van der Waals surface area contributed by atoms with E-state index in [2.05, 4.69) is 39.5 Å². The first-order valence-corrected chi connectivity index (χ1v) is 7.78. The van der Waals surface area contributed by atoms with E-state index in [4.69, 9.17) is 5.11 Å². The largest absolute Gasteiger partial charge is 0.392 e. The van der Waals surface area contributed by atoms with Crippen LogP contribution in [0.1, 0.15) is 48.5 Å². The first-order chi connectivity index (χ1) is 10.3. The van der Waals surface area contributed by atoms with Crippen molar-refractivity contribution in [1.29, 1.82) is 0 Å². The molecule has 0 aliphatic heterocycles. The van der Waals surface area contributed by atoms with Gasteiger partial charge in [0.05, 0.1) is 18.3 Å². The van der Waals surface area contributed by atoms with Crippen LogP contribution < -0.4 is 5.32 Å². The van der Waals surface area contributed by atoms with E-state index < -0.39 is 0 Å². The molecule has 0 radical (unpaired) electrons. The van der Waals surface area contributed by atoms with Crippen molar-refractivity contribution >= 4 is 0 Å². The highest BCUT2D eigenvalue weighted by Gasteiger charge is 2.17. The summed E-state index contributed by atoms with van der Waals surface area (Å²) in [6.07, 6.45) is 7.32. The normalized spacial score (nSPS) is 15.7. The van der Waals surface area contributed by atoms with Crippen molar-refractivity contribution in [3.8, 4) is 0 Å². The lowest BCUT2D eigenvalue weighted by atomic mass is 10.1. The van der Waals surface area contributed by atoms with E-state index in [9.17, 15) is 0 Å². The monoisotopic (exact) mass is 285 g/mol. The van der Waals surface area contributed by atoms with Crippen LogP contribution in [-0.4, -0.2) is 14.9 Å². The standard InChI is InChI=1S/C17H23N3O/c21-13-15-7-5-14(6-8-15)11-18-12-16-9-10-20(19-16)17-3-1-2-4-17/h5-10,17-18,21H,1-4,11-13H2. The van der Waals surface area contributed by atoms with E-state index in [0.29, 0.717) is 6.04 Å². The van der Waals surface area contributed by atoms with Crippen LogP contribution in [-0.2, 0) is 19.7 Å². The maximum atomic E-state index is 9.02. The van der Waals surface area contributed by atoms with Gasteiger partial charge >= 0.3 is 0 Å². The van der Waals surface area contributed by atoms with Crippen LogP contribution in [0.15, 0.2) is 36.5 Å². The Kier molecular flexibility index (Phi) is 4.68. The molecule has 2 N–H and O–H groups in total. The number of rotatable bonds is 6. The van der Waals surface area contributed by atoms with E-state index >= 15 is 0 Å². The molecular weight excluding hydrogens is 262 g/mol. The van der Waals surface area contributed by atoms with Crippen molar-refractivity contribution in [2.24, 2.45) is 0 Å². The van der Waals surface area contributed by atoms with Crippen LogP contribution in [0.5, 0.6) is 0 Å². The highest BCUT2D eigenvalue weighted by atomic mass is 16.3. The van der Waals surface area contributed by atoms with Gasteiger partial charge in [-0.15, -0.1) is 0 Å². The van der Waals surface area contributed by atoms with Gasteiger partial charge in [-0.1, -0.05) is 37.1 Å². The quantitative estimate of drug-likeness (QED) is 0.858. The number of aliphatic hydroxyl groups is 1. The molecule has 21 heavy (non-hydrogen) atoms. The second-order valence-electron chi connectivity index (χ2n) is 5.80. The molecular formula is C17H23N3O. The molecule has 112 valence electrons. The third-order valence-corrected chi connectivity index (χ3v) is 4.20. The average Bonchev–Trinajstić information content (AvgIpc) is 3.19. The van der Waals surface area contributed by atoms with E-state index in [-0.39, 0.29) is 6.61 Å². The molecule has 4 nitrogen and oxygen atoms in total. The second kappa shape index (κ2) is 6.87. The Balaban J connectivity index is 1.48. The third-order valence-electron chi connectivity index (χ3n) is 4.20. The van der Waals surface area contributed by atoms with Gasteiger partial charge in [0.1, 0.15) is 0 Å². The summed E-state index contributed by atoms with van der Waals surface area (Å²) in [6.45, 7) is 1.72. The summed E-state index contributed by atoms with van der Waals surface area (Å²) in [4.78, 5) is 0. The highest BCUT2D eigenvalue weighted by Crippen LogP contribution is 2.28. The van der Waals surface area contributed by atoms with Gasteiger partial charge < -0.3 is 10.4 Å². The lowest BCUT2D eigenvalue weighted by molar-refractivity contribution is 0.282. The lowest BCUT2D eigenvalue weighted by Gasteiger charge is -2.09. The Morgan fingerprint density at radius 1 is 1.05 bits per heavy atom. The van der Waals surface area contributed by atoms with Crippen LogP contribution in [0.3, 0.4) is 0 Å². The summed E-state index contributed by atoms with van der Waals surface area (Å²) in [7, 11) is 0. The summed E-state index contributed by atoms with van der Waals surface area (Å²) >= 11 is 0. The Hall–Kier alpha value is -1.65. The van der Waals surface area contributed by atoms with Crippen LogP contribution in [0.4, 0.5) is 0 Å². The molecule has 1 aromatic carbocycles. The number of nitrogens with one attached hydrogen (secondary N) is 1. The van der Waals surface area contributed by atoms with Crippen molar-refractivity contribution < 1.29 is 5.11 Å². The molecule has 0 atom stereocenters. The number of nitrogens with zero attached hydrogens (tertiary/aromatic N) is 2. The summed E-state index contributed by atoms with van der Waals surface area (Å²) in [5.41, 5.74) is 3.28. The molecule has 2 aromatic rings. The molecule has 1 fully saturated rings. The zero-order chi connectivity index (χ0) is 14.5. The minimum Gasteiger partial charge on any atom is -0.392 e. The van der Waals surface area contributed by atoms with E-state index in [0.717, 1.165) is 24.3 Å². The van der Waals surface area contributed by atoms with Gasteiger partial charge in [0, 0.05) is 19.3 Å². The van der Waals surface area contributed by atoms with Crippen LogP contribution in [0.2, 0.25) is 0 Å². The molecule has 0 spiro atoms. The smallest absolute Gasteiger partial charge is 0.0762 e. The number of benzene rings is 1. The maximum absolute atomic E-state index is 9.02. The van der Waals surface area contributed by atoms with Gasteiger partial charge in [-0.05, 0) is 30.0 Å². The minimum absolute atomic E-state index is 0.103. The van der Waals surface area contributed by atoms with E-state index in [1.165, 1.54) is 31.2 Å². The summed E-state index contributed by atoms with van der Waals surface area (Å²) in [6, 6.07) is 10.8. The first kappa shape index (κ1) is 14.3. The van der Waals surface area contributed by atoms with Gasteiger partial charge in [0.2, 0.25) is 0 Å². The molecule has 1 aromatic heterocycles. The number of aromatic nitrogens is 2. The van der Waals surface area contributed by atoms with Crippen LogP contribution >= 0.6 is 0 Å². The molecule has 1 saturated carbocycles. The molecule has 0 amide bonds. The summed E-state index contributed by atoms with van der Waals surface area (Å²) < 4.78 is 2.14. The van der Waals surface area contributed by atoms with Gasteiger partial charge in [0.15, 0.2) is 0 Å². The van der Waals surface area contributed by atoms with Crippen molar-refractivity contribution in [3.63, 3.8) is 0 Å². The van der Waals surface area contributed by atoms with Crippen molar-refractivity contribution in [2.75, 3.05) is 0 Å². The van der Waals surface area contributed by atoms with Crippen LogP contribution in [0, 0.1) is 0 Å². The van der Waals surface area contributed by atoms with E-state index in [1.54, 1.807) is 0 Å². The van der Waals surface area contributed by atoms with Gasteiger partial charge in [-0.25, -0.2) is 0 Å². The summed E-state index contributed by atoms with van der Waals surface area (Å²) in [5.74, 6) is 0. The van der Waals surface area contributed by atoms with E-state index in [1.807, 2.05) is 12.1 Å². The SMILES string of the molecule is OCc1ccc(CNCc2ccn(C3CCCC3)n2)cc1. The number of hydrogen-bond donors (Lipinski definition) is 2. The Labute approximate surface area is 125 Å². The minimum atomic E-state index is 0.103. The molecule has 1 aliphatic carbocycles. The number of aliphatic hydroxyl groups excluding tert-OH is 1. The van der Waals surface area contributed by atoms with Gasteiger partial charge in [0.25, 0.3) is 0 Å². The van der Waals surface area contributed by atoms with Gasteiger partial charge in [-0.3, -0.25) is 4.68 Å². The lowest BCUT2D eigenvalue weighted by Crippen LogP contribution is -2.14. The fourth-order valence-corrected chi connectivity index (χ4v) is 2.94. The zero-order valence-corrected chi connectivity index (χ0v) is 12.3. The Morgan fingerprint density at radius 2 is 1.76 bits per heavy atom. The molecule has 0 bridgehead atoms. The third kappa shape index (κ3) is 3.71.